The number of hydrogen-bond acceptors (Lipinski definition) is 4. The largest absolute Gasteiger partial charge is 0.390 e. The molecule has 1 saturated heterocycles. The molecule has 5 heteroatoms. The Balaban J connectivity index is 2.10. The Morgan fingerprint density at radius 3 is 2.60 bits per heavy atom. The van der Waals surface area contributed by atoms with Gasteiger partial charge < -0.3 is 15.7 Å². The lowest BCUT2D eigenvalue weighted by molar-refractivity contribution is 0.0947. The van der Waals surface area contributed by atoms with Crippen LogP contribution in [-0.2, 0) is 5.41 Å². The van der Waals surface area contributed by atoms with Gasteiger partial charge >= 0.3 is 0 Å². The number of β-amino-alcohol motifs (C(OH)–C–C–N with tert-alkyl or cyclic N) is 1. The number of hydrogen-bond donors (Lipinski definition) is 2. The van der Waals surface area contributed by atoms with Crippen molar-refractivity contribution in [3.8, 4) is 6.07 Å². The molecule has 0 aromatic heterocycles. The molecule has 0 saturated carbocycles. The van der Waals surface area contributed by atoms with E-state index in [1.54, 1.807) is 0 Å². The van der Waals surface area contributed by atoms with Crippen LogP contribution < -0.4 is 11.2 Å². The first-order valence-corrected chi connectivity index (χ1v) is 6.98. The van der Waals surface area contributed by atoms with Gasteiger partial charge in [-0.1, -0.05) is 29.7 Å². The fourth-order valence-electron chi connectivity index (χ4n) is 2.86. The molecule has 1 aromatic carbocycles. The summed E-state index contributed by atoms with van der Waals surface area (Å²) in [6, 6.07) is 10.1. The van der Waals surface area contributed by atoms with Crippen molar-refractivity contribution in [3.05, 3.63) is 29.8 Å². The van der Waals surface area contributed by atoms with Crippen LogP contribution in [0.25, 0.3) is 0 Å². The van der Waals surface area contributed by atoms with Crippen molar-refractivity contribution in [2.45, 2.75) is 24.4 Å². The van der Waals surface area contributed by atoms with Crippen molar-refractivity contribution in [3.63, 3.8) is 0 Å². The number of nitrogens with zero attached hydrogens (tertiary/aromatic N) is 2. The molecule has 2 radical (unpaired) electrons. The molecule has 1 aliphatic heterocycles. The Morgan fingerprint density at radius 2 is 2.05 bits per heavy atom. The minimum atomic E-state index is -0.504. The number of aliphatic hydroxyl groups excluding tert-OH is 1. The van der Waals surface area contributed by atoms with Gasteiger partial charge in [-0.3, -0.25) is 0 Å². The van der Waals surface area contributed by atoms with Crippen LogP contribution in [0, 0.1) is 11.3 Å². The summed E-state index contributed by atoms with van der Waals surface area (Å²) >= 11 is 0. The van der Waals surface area contributed by atoms with Crippen LogP contribution in [-0.4, -0.2) is 50.1 Å². The predicted octanol–water partition coefficient (Wildman–Crippen LogP) is -0.343. The predicted molar refractivity (Wildman–Crippen MR) is 79.9 cm³/mol. The number of piperidine rings is 1. The van der Waals surface area contributed by atoms with Crippen LogP contribution in [0.15, 0.2) is 24.3 Å². The molecule has 0 spiro atoms. The van der Waals surface area contributed by atoms with E-state index >= 15 is 0 Å². The summed E-state index contributed by atoms with van der Waals surface area (Å²) in [5, 5.41) is 19.2. The molecule has 1 heterocycles. The second kappa shape index (κ2) is 6.40. The highest BCUT2D eigenvalue weighted by molar-refractivity contribution is 6.33. The summed E-state index contributed by atoms with van der Waals surface area (Å²) in [4.78, 5) is 2.16. The molecule has 2 rings (SSSR count). The topological polar surface area (TPSA) is 73.3 Å². The van der Waals surface area contributed by atoms with Crippen LogP contribution in [0.2, 0.25) is 0 Å². The standard InChI is InChI=1S/C15H20BN3O/c16-14-4-2-1-3-13(14)15(11-18)5-7-19(8-6-15)10-12(20)9-17/h1-4,12,20H,5-10,17H2. The highest BCUT2D eigenvalue weighted by Crippen LogP contribution is 2.33. The third kappa shape index (κ3) is 3.04. The molecular weight excluding hydrogens is 249 g/mol. The molecule has 20 heavy (non-hydrogen) atoms. The van der Waals surface area contributed by atoms with Gasteiger partial charge in [0, 0.05) is 26.2 Å². The highest BCUT2D eigenvalue weighted by atomic mass is 16.3. The maximum Gasteiger partial charge on any atom is 0.114 e. The van der Waals surface area contributed by atoms with Gasteiger partial charge in [0.15, 0.2) is 0 Å². The Morgan fingerprint density at radius 1 is 1.40 bits per heavy atom. The zero-order chi connectivity index (χ0) is 14.6. The summed E-state index contributed by atoms with van der Waals surface area (Å²) in [6.07, 6.45) is 0.968. The number of likely N-dealkylation sites (tertiary alicyclic amines) is 1. The van der Waals surface area contributed by atoms with Crippen molar-refractivity contribution in [1.29, 1.82) is 5.26 Å². The zero-order valence-electron chi connectivity index (χ0n) is 11.6. The third-order valence-corrected chi connectivity index (χ3v) is 4.14. The van der Waals surface area contributed by atoms with Crippen molar-refractivity contribution in [1.82, 2.24) is 4.90 Å². The lowest BCUT2D eigenvalue weighted by Gasteiger charge is -2.39. The Kier molecular flexibility index (Phi) is 4.82. The number of benzene rings is 1. The first-order valence-electron chi connectivity index (χ1n) is 6.98. The van der Waals surface area contributed by atoms with Crippen LogP contribution in [0.5, 0.6) is 0 Å². The normalized spacial score (nSPS) is 20.2. The lowest BCUT2D eigenvalue weighted by atomic mass is 9.69. The Bertz CT molecular complexity index is 492. The van der Waals surface area contributed by atoms with Gasteiger partial charge in [0.25, 0.3) is 0 Å². The van der Waals surface area contributed by atoms with Crippen molar-refractivity contribution in [2.24, 2.45) is 5.73 Å². The minimum Gasteiger partial charge on any atom is -0.390 e. The molecule has 1 unspecified atom stereocenters. The average Bonchev–Trinajstić information content (AvgIpc) is 2.49. The summed E-state index contributed by atoms with van der Waals surface area (Å²) in [5.41, 5.74) is 6.55. The van der Waals surface area contributed by atoms with Gasteiger partial charge in [-0.25, -0.2) is 0 Å². The van der Waals surface area contributed by atoms with Gasteiger partial charge in [0.1, 0.15) is 7.85 Å². The highest BCUT2D eigenvalue weighted by Gasteiger charge is 2.37. The first-order chi connectivity index (χ1) is 9.61. The van der Waals surface area contributed by atoms with E-state index in [1.807, 2.05) is 24.3 Å². The maximum atomic E-state index is 9.64. The minimum absolute atomic E-state index is 0.269. The van der Waals surface area contributed by atoms with Crippen molar-refractivity contribution >= 4 is 13.3 Å². The molecule has 4 nitrogen and oxygen atoms in total. The van der Waals surface area contributed by atoms with Gasteiger partial charge in [-0.2, -0.15) is 5.26 Å². The zero-order valence-corrected chi connectivity index (χ0v) is 11.6. The van der Waals surface area contributed by atoms with Crippen LogP contribution in [0.3, 0.4) is 0 Å². The van der Waals surface area contributed by atoms with E-state index in [2.05, 4.69) is 11.0 Å². The third-order valence-electron chi connectivity index (χ3n) is 4.14. The fourth-order valence-corrected chi connectivity index (χ4v) is 2.86. The number of nitrogens with two attached hydrogens (primary N) is 1. The first kappa shape index (κ1) is 15.1. The van der Waals surface area contributed by atoms with Crippen LogP contribution >= 0.6 is 0 Å². The Hall–Kier alpha value is -1.35. The van der Waals surface area contributed by atoms with E-state index in [-0.39, 0.29) is 6.54 Å². The summed E-state index contributed by atoms with van der Waals surface area (Å²) in [5.74, 6) is 0. The molecule has 0 bridgehead atoms. The van der Waals surface area contributed by atoms with E-state index in [1.165, 1.54) is 0 Å². The molecule has 1 aliphatic rings. The molecule has 1 atom stereocenters. The van der Waals surface area contributed by atoms with E-state index < -0.39 is 11.5 Å². The molecule has 0 amide bonds. The average molecular weight is 269 g/mol. The molecule has 3 N–H and O–H groups in total. The molecule has 1 fully saturated rings. The quantitative estimate of drug-likeness (QED) is 0.733. The fraction of sp³-hybridized carbons (Fsp3) is 0.533. The summed E-state index contributed by atoms with van der Waals surface area (Å²) in [7, 11) is 6.03. The van der Waals surface area contributed by atoms with E-state index in [0.29, 0.717) is 12.0 Å². The second-order valence-electron chi connectivity index (χ2n) is 5.47. The van der Waals surface area contributed by atoms with Gasteiger partial charge in [-0.15, -0.1) is 0 Å². The monoisotopic (exact) mass is 269 g/mol. The maximum absolute atomic E-state index is 9.64. The number of nitriles is 1. The summed E-state index contributed by atoms with van der Waals surface area (Å²) in [6.45, 7) is 2.39. The molecular formula is C15H20BN3O. The number of aliphatic hydroxyl groups is 1. The SMILES string of the molecule is [B]c1ccccc1C1(C#N)CCN(CC(O)CN)CC1. The van der Waals surface area contributed by atoms with E-state index in [9.17, 15) is 10.4 Å². The van der Waals surface area contributed by atoms with Crippen LogP contribution in [0.4, 0.5) is 0 Å². The van der Waals surface area contributed by atoms with E-state index in [0.717, 1.165) is 31.5 Å². The smallest absolute Gasteiger partial charge is 0.114 e. The van der Waals surface area contributed by atoms with Gasteiger partial charge in [-0.05, 0) is 18.4 Å². The van der Waals surface area contributed by atoms with Gasteiger partial charge in [0.05, 0.1) is 17.6 Å². The molecule has 104 valence electrons. The van der Waals surface area contributed by atoms with Gasteiger partial charge in [0.2, 0.25) is 0 Å². The molecule has 1 aromatic rings. The second-order valence-corrected chi connectivity index (χ2v) is 5.47. The van der Waals surface area contributed by atoms with E-state index in [4.69, 9.17) is 13.6 Å². The van der Waals surface area contributed by atoms with Crippen molar-refractivity contribution in [2.75, 3.05) is 26.2 Å². The molecule has 0 aliphatic carbocycles. The Labute approximate surface area is 121 Å². The summed E-state index contributed by atoms with van der Waals surface area (Å²) < 4.78 is 0. The lowest BCUT2D eigenvalue weighted by Crippen LogP contribution is -2.47. The van der Waals surface area contributed by atoms with Crippen LogP contribution in [0.1, 0.15) is 18.4 Å². The number of rotatable bonds is 4. The van der Waals surface area contributed by atoms with Crippen molar-refractivity contribution < 1.29 is 5.11 Å².